The number of allylic oxidation sites excluding steroid dienone is 2. The summed E-state index contributed by atoms with van der Waals surface area (Å²) in [6.45, 7) is 8.82. The van der Waals surface area contributed by atoms with Gasteiger partial charge in [0.05, 0.1) is 0 Å². The van der Waals surface area contributed by atoms with Crippen molar-refractivity contribution in [2.24, 2.45) is 0 Å². The van der Waals surface area contributed by atoms with Crippen LogP contribution in [0.5, 0.6) is 0 Å². The minimum absolute atomic E-state index is 0.317. The molecule has 0 aliphatic carbocycles. The minimum Gasteiger partial charge on any atom is -0.339 e. The number of para-hydroxylation sites is 4. The molecule has 0 heterocycles. The lowest BCUT2D eigenvalue weighted by Crippen LogP contribution is -2.27. The highest BCUT2D eigenvalue weighted by molar-refractivity contribution is 5.81. The number of hydrogen-bond donors (Lipinski definition) is 0. The van der Waals surface area contributed by atoms with E-state index in [2.05, 4.69) is 296 Å². The maximum absolute atomic E-state index is 2.45. The van der Waals surface area contributed by atoms with Gasteiger partial charge in [0.25, 0.3) is 0 Å². The van der Waals surface area contributed by atoms with Crippen LogP contribution in [0.4, 0.5) is 56.9 Å². The van der Waals surface area contributed by atoms with E-state index in [0.717, 1.165) is 57.6 Å². The Hall–Kier alpha value is -8.08. The summed E-state index contributed by atoms with van der Waals surface area (Å²) in [4.78, 5) is 9.37. The predicted molar refractivity (Wildman–Crippen MR) is 283 cm³/mol. The average Bonchev–Trinajstić information content (AvgIpc) is 3.39. The summed E-state index contributed by atoms with van der Waals surface area (Å²) in [6, 6.07) is 87.2. The summed E-state index contributed by atoms with van der Waals surface area (Å²) in [7, 11) is 0. The molecule has 0 spiro atoms. The van der Waals surface area contributed by atoms with E-state index < -0.39 is 0 Å². The Morgan fingerprint density at radius 2 is 0.591 bits per heavy atom. The fraction of sp³-hybridized carbons (Fsp3) is 0.0968. The summed E-state index contributed by atoms with van der Waals surface area (Å²) in [6.07, 6.45) is 3.19. The van der Waals surface area contributed by atoms with E-state index in [0.29, 0.717) is 6.04 Å². The van der Waals surface area contributed by atoms with Gasteiger partial charge in [0, 0.05) is 68.6 Å². The van der Waals surface area contributed by atoms with Gasteiger partial charge in [0.2, 0.25) is 0 Å². The number of anilines is 10. The molecule has 0 bridgehead atoms. The fourth-order valence-electron chi connectivity index (χ4n) is 8.71. The van der Waals surface area contributed by atoms with Crippen LogP contribution in [0.25, 0.3) is 22.3 Å². The molecule has 0 N–H and O–H groups in total. The van der Waals surface area contributed by atoms with Crippen molar-refractivity contribution in [3.63, 3.8) is 0 Å². The SMILES string of the molecule is C/C=C(\C)N(c1ccc(-c2ccc(-c3ccc(N(c4ccc(N(c5ccccc5)c5ccccc5)cc4)C(C)CC)cc3)cc2)cc1)c1ccc(N(c2ccccc2)c2ccccc2)cc1. The molecule has 0 saturated carbocycles. The third-order valence-corrected chi connectivity index (χ3v) is 12.4. The Morgan fingerprint density at radius 1 is 0.348 bits per heavy atom. The second kappa shape index (κ2) is 20.2. The molecule has 0 aliphatic heterocycles. The van der Waals surface area contributed by atoms with Crippen LogP contribution in [0.1, 0.15) is 34.1 Å². The van der Waals surface area contributed by atoms with Crippen molar-refractivity contribution in [3.8, 4) is 22.3 Å². The largest absolute Gasteiger partial charge is 0.339 e. The van der Waals surface area contributed by atoms with E-state index in [1.807, 2.05) is 0 Å². The summed E-state index contributed by atoms with van der Waals surface area (Å²) in [5.41, 5.74) is 17.2. The Labute approximate surface area is 391 Å². The smallest absolute Gasteiger partial charge is 0.0463 e. The molecule has 1 atom stereocenters. The van der Waals surface area contributed by atoms with E-state index in [9.17, 15) is 0 Å². The van der Waals surface area contributed by atoms with Crippen molar-refractivity contribution in [2.45, 2.75) is 40.2 Å². The predicted octanol–water partition coefficient (Wildman–Crippen LogP) is 18.0. The highest BCUT2D eigenvalue weighted by Gasteiger charge is 2.19. The second-order valence-electron chi connectivity index (χ2n) is 16.6. The molecule has 4 nitrogen and oxygen atoms in total. The van der Waals surface area contributed by atoms with Crippen LogP contribution >= 0.6 is 0 Å². The molecule has 0 amide bonds. The minimum atomic E-state index is 0.317. The zero-order chi connectivity index (χ0) is 45.2. The first-order valence-corrected chi connectivity index (χ1v) is 23.0. The van der Waals surface area contributed by atoms with Gasteiger partial charge < -0.3 is 19.6 Å². The lowest BCUT2D eigenvalue weighted by atomic mass is 9.99. The van der Waals surface area contributed by atoms with Crippen molar-refractivity contribution < 1.29 is 0 Å². The molecule has 4 heteroatoms. The van der Waals surface area contributed by atoms with Crippen molar-refractivity contribution in [3.05, 3.63) is 254 Å². The lowest BCUT2D eigenvalue weighted by molar-refractivity contribution is 0.688. The molecular weight excluding hydrogens is 801 g/mol. The molecule has 0 radical (unpaired) electrons. The van der Waals surface area contributed by atoms with Crippen LogP contribution in [0.2, 0.25) is 0 Å². The van der Waals surface area contributed by atoms with Crippen molar-refractivity contribution in [2.75, 3.05) is 19.6 Å². The summed E-state index contributed by atoms with van der Waals surface area (Å²) >= 11 is 0. The van der Waals surface area contributed by atoms with Crippen LogP contribution in [-0.2, 0) is 0 Å². The molecule has 0 fully saturated rings. The van der Waals surface area contributed by atoms with E-state index in [1.54, 1.807) is 0 Å². The van der Waals surface area contributed by atoms with Crippen LogP contribution in [0.15, 0.2) is 254 Å². The Kier molecular flexibility index (Phi) is 13.2. The van der Waals surface area contributed by atoms with Crippen LogP contribution in [0.3, 0.4) is 0 Å². The van der Waals surface area contributed by atoms with Crippen LogP contribution in [-0.4, -0.2) is 6.04 Å². The lowest BCUT2D eigenvalue weighted by Gasteiger charge is -2.32. The first kappa shape index (κ1) is 43.2. The third kappa shape index (κ3) is 9.40. The Bertz CT molecular complexity index is 2850. The molecule has 66 heavy (non-hydrogen) atoms. The number of rotatable bonds is 15. The number of benzene rings is 9. The summed E-state index contributed by atoms with van der Waals surface area (Å²) in [5.74, 6) is 0. The maximum atomic E-state index is 2.45. The third-order valence-electron chi connectivity index (χ3n) is 12.4. The highest BCUT2D eigenvalue weighted by Crippen LogP contribution is 2.40. The van der Waals surface area contributed by atoms with Gasteiger partial charge in [-0.25, -0.2) is 0 Å². The fourth-order valence-corrected chi connectivity index (χ4v) is 8.71. The van der Waals surface area contributed by atoms with Gasteiger partial charge in [-0.05, 0) is 171 Å². The van der Waals surface area contributed by atoms with Crippen molar-refractivity contribution >= 4 is 56.9 Å². The van der Waals surface area contributed by atoms with Gasteiger partial charge in [-0.15, -0.1) is 0 Å². The molecule has 9 rings (SSSR count). The number of nitrogens with zero attached hydrogens (tertiary/aromatic N) is 4. The summed E-state index contributed by atoms with van der Waals surface area (Å²) < 4.78 is 0. The number of hydrogen-bond acceptors (Lipinski definition) is 4. The van der Waals surface area contributed by atoms with E-state index in [1.165, 1.54) is 33.6 Å². The first-order valence-electron chi connectivity index (χ1n) is 23.0. The molecule has 0 saturated heterocycles. The second-order valence-corrected chi connectivity index (χ2v) is 16.6. The van der Waals surface area contributed by atoms with Gasteiger partial charge >= 0.3 is 0 Å². The molecule has 9 aromatic rings. The first-order chi connectivity index (χ1) is 32.5. The van der Waals surface area contributed by atoms with Crippen LogP contribution < -0.4 is 19.6 Å². The normalized spacial score (nSPS) is 11.7. The van der Waals surface area contributed by atoms with Gasteiger partial charge in [-0.3, -0.25) is 0 Å². The zero-order valence-corrected chi connectivity index (χ0v) is 38.2. The van der Waals surface area contributed by atoms with Crippen LogP contribution in [0, 0.1) is 0 Å². The van der Waals surface area contributed by atoms with Crippen molar-refractivity contribution in [1.82, 2.24) is 0 Å². The molecule has 0 aromatic heterocycles. The van der Waals surface area contributed by atoms with E-state index in [-0.39, 0.29) is 0 Å². The van der Waals surface area contributed by atoms with Gasteiger partial charge in [0.1, 0.15) is 0 Å². The quantitative estimate of drug-likeness (QED) is 0.102. The monoisotopic (exact) mass is 856 g/mol. The van der Waals surface area contributed by atoms with E-state index in [4.69, 9.17) is 0 Å². The highest BCUT2D eigenvalue weighted by atomic mass is 15.2. The Balaban J connectivity index is 0.911. The van der Waals surface area contributed by atoms with Gasteiger partial charge in [0.15, 0.2) is 0 Å². The Morgan fingerprint density at radius 3 is 0.894 bits per heavy atom. The molecule has 0 aliphatic rings. The average molecular weight is 857 g/mol. The van der Waals surface area contributed by atoms with Gasteiger partial charge in [-0.2, -0.15) is 0 Å². The van der Waals surface area contributed by atoms with E-state index >= 15 is 0 Å². The molecule has 9 aromatic carbocycles. The summed E-state index contributed by atoms with van der Waals surface area (Å²) in [5, 5.41) is 0. The van der Waals surface area contributed by atoms with Gasteiger partial charge in [-0.1, -0.05) is 134 Å². The standard InChI is InChI=1S/C62H56N4/c1-5-47(3)63(59-39-43-61(44-40-59)65(53-19-11-7-12-20-53)54-21-13-8-14-22-54)57-35-31-51(32-36-57)49-27-29-50(30-28-49)52-33-37-58(38-34-52)64(48(4)6-2)60-41-45-62(46-42-60)66(55-23-15-9-16-24-55)56-25-17-10-18-26-56/h5,7-46,48H,6H2,1-4H3/b47-5+. The molecular formula is C62H56N4. The topological polar surface area (TPSA) is 13.0 Å². The zero-order valence-electron chi connectivity index (χ0n) is 38.2. The molecule has 1 unspecified atom stereocenters. The maximum Gasteiger partial charge on any atom is 0.0463 e. The molecule has 324 valence electrons. The van der Waals surface area contributed by atoms with Crippen molar-refractivity contribution in [1.29, 1.82) is 0 Å².